The lowest BCUT2D eigenvalue weighted by atomic mass is 10.1. The van der Waals surface area contributed by atoms with Gasteiger partial charge in [0.25, 0.3) is 5.88 Å². The minimum atomic E-state index is -1.08. The van der Waals surface area contributed by atoms with Gasteiger partial charge in [0.2, 0.25) is 5.88 Å². The Balaban J connectivity index is 1.71. The van der Waals surface area contributed by atoms with Crippen LogP contribution in [0.4, 0.5) is 0 Å². The zero-order chi connectivity index (χ0) is 18.8. The maximum Gasteiger partial charge on any atom is 0.424 e. The summed E-state index contributed by atoms with van der Waals surface area (Å²) < 4.78 is 17.5. The van der Waals surface area contributed by atoms with Crippen LogP contribution in [-0.2, 0) is 16.1 Å². The van der Waals surface area contributed by atoms with Gasteiger partial charge in [-0.25, -0.2) is 14.3 Å². The van der Waals surface area contributed by atoms with Crippen molar-refractivity contribution in [2.75, 3.05) is 26.7 Å². The van der Waals surface area contributed by atoms with E-state index in [4.69, 9.17) is 14.2 Å². The van der Waals surface area contributed by atoms with Gasteiger partial charge in [0.1, 0.15) is 11.3 Å². The number of hydrogen-bond donors (Lipinski definition) is 0. The Morgan fingerprint density at radius 1 is 1.04 bits per heavy atom. The summed E-state index contributed by atoms with van der Waals surface area (Å²) in [5, 5.41) is 4.39. The number of carbonyl (C=O) groups excluding carboxylic acids is 2. The number of esters is 2. The second-order valence-corrected chi connectivity index (χ2v) is 6.59. The van der Waals surface area contributed by atoms with E-state index < -0.39 is 11.9 Å². The standard InChI is InChI=1S/C19H21N3O5/c1-25-14-8-4-3-7-13(14)15-16-20-22(12-11-21-9-5-2-6-10-21)17(15)27-19(24)18(23)26-16/h3-4,7-8H,2,5-6,9-12H2,1H3. The molecular formula is C19H21N3O5. The number of methoxy groups -OCH3 is 1. The molecule has 0 atom stereocenters. The van der Waals surface area contributed by atoms with Gasteiger partial charge in [-0.2, -0.15) is 0 Å². The highest BCUT2D eigenvalue weighted by atomic mass is 16.6. The molecule has 1 aromatic carbocycles. The number of hydrogen-bond acceptors (Lipinski definition) is 7. The molecule has 3 heterocycles. The molecule has 1 fully saturated rings. The van der Waals surface area contributed by atoms with Gasteiger partial charge >= 0.3 is 11.9 Å². The van der Waals surface area contributed by atoms with Gasteiger partial charge in [0, 0.05) is 12.1 Å². The largest absolute Gasteiger partial charge is 0.496 e. The lowest BCUT2D eigenvalue weighted by molar-refractivity contribution is -0.156. The Labute approximate surface area is 156 Å². The molecule has 0 aliphatic carbocycles. The van der Waals surface area contributed by atoms with Gasteiger partial charge in [0.15, 0.2) is 0 Å². The van der Waals surface area contributed by atoms with Crippen molar-refractivity contribution in [2.45, 2.75) is 25.8 Å². The van der Waals surface area contributed by atoms with Gasteiger partial charge < -0.3 is 19.1 Å². The summed E-state index contributed by atoms with van der Waals surface area (Å²) in [6, 6.07) is 7.26. The fourth-order valence-corrected chi connectivity index (χ4v) is 3.51. The Bertz CT molecular complexity index is 870. The topological polar surface area (TPSA) is 82.9 Å². The number of piperidine rings is 1. The SMILES string of the molecule is COc1ccccc1-c1c2nn(CCN3CCCCC3)c1OC(=O)C(=O)O2. The number of para-hydroxylation sites is 1. The predicted octanol–water partition coefficient (Wildman–Crippen LogP) is 1.87. The first-order valence-electron chi connectivity index (χ1n) is 9.08. The van der Waals surface area contributed by atoms with E-state index in [1.165, 1.54) is 19.3 Å². The monoisotopic (exact) mass is 371 g/mol. The zero-order valence-electron chi connectivity index (χ0n) is 15.1. The van der Waals surface area contributed by atoms with Crippen LogP contribution in [-0.4, -0.2) is 53.4 Å². The second kappa shape index (κ2) is 7.40. The van der Waals surface area contributed by atoms with E-state index in [9.17, 15) is 9.59 Å². The first-order chi connectivity index (χ1) is 13.2. The quantitative estimate of drug-likeness (QED) is 0.586. The fraction of sp³-hybridized carbons (Fsp3) is 0.421. The first-order valence-corrected chi connectivity index (χ1v) is 9.08. The molecule has 0 saturated carbocycles. The normalized spacial score (nSPS) is 17.2. The third-order valence-electron chi connectivity index (χ3n) is 4.87. The van der Waals surface area contributed by atoms with Crippen molar-refractivity contribution in [3.05, 3.63) is 24.3 Å². The molecule has 2 aliphatic heterocycles. The summed E-state index contributed by atoms with van der Waals surface area (Å²) in [5.41, 5.74) is 1.10. The van der Waals surface area contributed by atoms with Crippen molar-refractivity contribution >= 4 is 11.9 Å². The molecule has 8 nitrogen and oxygen atoms in total. The smallest absolute Gasteiger partial charge is 0.424 e. The minimum Gasteiger partial charge on any atom is -0.496 e. The van der Waals surface area contributed by atoms with Crippen molar-refractivity contribution in [2.24, 2.45) is 0 Å². The average molecular weight is 371 g/mol. The van der Waals surface area contributed by atoms with Gasteiger partial charge in [0.05, 0.1) is 13.7 Å². The molecule has 0 amide bonds. The van der Waals surface area contributed by atoms with E-state index in [-0.39, 0.29) is 11.8 Å². The molecule has 27 heavy (non-hydrogen) atoms. The lowest BCUT2D eigenvalue weighted by Gasteiger charge is -2.26. The number of aromatic nitrogens is 2. The third-order valence-corrected chi connectivity index (χ3v) is 4.87. The highest BCUT2D eigenvalue weighted by molar-refractivity contribution is 6.31. The summed E-state index contributed by atoms with van der Waals surface area (Å²) >= 11 is 0. The van der Waals surface area contributed by atoms with E-state index >= 15 is 0 Å². The van der Waals surface area contributed by atoms with Crippen LogP contribution in [0.25, 0.3) is 11.1 Å². The Hall–Kier alpha value is -2.87. The Morgan fingerprint density at radius 3 is 2.56 bits per heavy atom. The van der Waals surface area contributed by atoms with Crippen molar-refractivity contribution in [3.8, 4) is 28.6 Å². The Morgan fingerprint density at radius 2 is 1.78 bits per heavy atom. The number of benzene rings is 1. The molecule has 1 saturated heterocycles. The zero-order valence-corrected chi connectivity index (χ0v) is 15.1. The molecule has 1 aromatic heterocycles. The van der Waals surface area contributed by atoms with E-state index in [1.807, 2.05) is 18.2 Å². The van der Waals surface area contributed by atoms with Crippen LogP contribution in [0.2, 0.25) is 0 Å². The minimum absolute atomic E-state index is 0.0593. The summed E-state index contributed by atoms with van der Waals surface area (Å²) in [7, 11) is 1.55. The van der Waals surface area contributed by atoms with Gasteiger partial charge in [-0.15, -0.1) is 5.10 Å². The van der Waals surface area contributed by atoms with Crippen LogP contribution in [0.3, 0.4) is 0 Å². The summed E-state index contributed by atoms with van der Waals surface area (Å²) in [6.45, 7) is 3.42. The van der Waals surface area contributed by atoms with Gasteiger partial charge in [-0.3, -0.25) is 0 Å². The maximum absolute atomic E-state index is 11.9. The van der Waals surface area contributed by atoms with Gasteiger partial charge in [-0.05, 0) is 32.0 Å². The molecule has 4 rings (SSSR count). The summed E-state index contributed by atoms with van der Waals surface area (Å²) in [6.07, 6.45) is 3.64. The summed E-state index contributed by atoms with van der Waals surface area (Å²) in [5.74, 6) is -1.28. The van der Waals surface area contributed by atoms with E-state index in [0.29, 0.717) is 23.4 Å². The van der Waals surface area contributed by atoms with Crippen LogP contribution in [0.1, 0.15) is 19.3 Å². The highest BCUT2D eigenvalue weighted by Gasteiger charge is 2.35. The number of carbonyl (C=O) groups is 2. The van der Waals surface area contributed by atoms with Crippen LogP contribution in [0, 0.1) is 0 Å². The lowest BCUT2D eigenvalue weighted by Crippen LogP contribution is -2.33. The van der Waals surface area contributed by atoms with Crippen molar-refractivity contribution in [3.63, 3.8) is 0 Å². The number of nitrogens with zero attached hydrogens (tertiary/aromatic N) is 3. The van der Waals surface area contributed by atoms with Crippen molar-refractivity contribution in [1.82, 2.24) is 14.7 Å². The number of likely N-dealkylation sites (tertiary alicyclic amines) is 1. The molecular weight excluding hydrogens is 350 g/mol. The first kappa shape index (κ1) is 17.5. The number of fused-ring (bicyclic) bond motifs is 2. The van der Waals surface area contributed by atoms with Crippen molar-refractivity contribution < 1.29 is 23.8 Å². The van der Waals surface area contributed by atoms with Crippen LogP contribution < -0.4 is 14.2 Å². The summed E-state index contributed by atoms with van der Waals surface area (Å²) in [4.78, 5) is 26.1. The molecule has 0 spiro atoms. The average Bonchev–Trinajstić information content (AvgIpc) is 2.97. The van der Waals surface area contributed by atoms with Crippen molar-refractivity contribution in [1.29, 1.82) is 0 Å². The van der Waals surface area contributed by atoms with Crippen LogP contribution in [0.5, 0.6) is 17.5 Å². The molecule has 2 bridgehead atoms. The highest BCUT2D eigenvalue weighted by Crippen LogP contribution is 2.44. The van der Waals surface area contributed by atoms with E-state index in [1.54, 1.807) is 17.9 Å². The predicted molar refractivity (Wildman–Crippen MR) is 95.8 cm³/mol. The fourth-order valence-electron chi connectivity index (χ4n) is 3.51. The molecule has 142 valence electrons. The van der Waals surface area contributed by atoms with E-state index in [2.05, 4.69) is 10.00 Å². The number of rotatable bonds is 5. The molecule has 2 aromatic rings. The third kappa shape index (κ3) is 3.40. The second-order valence-electron chi connectivity index (χ2n) is 6.59. The molecule has 8 heteroatoms. The van der Waals surface area contributed by atoms with Gasteiger partial charge in [-0.1, -0.05) is 24.6 Å². The molecule has 0 radical (unpaired) electrons. The van der Waals surface area contributed by atoms with E-state index in [0.717, 1.165) is 19.6 Å². The number of ether oxygens (including phenoxy) is 3. The van der Waals surface area contributed by atoms with Crippen LogP contribution in [0.15, 0.2) is 24.3 Å². The molecule has 0 N–H and O–H groups in total. The molecule has 2 aliphatic rings. The van der Waals surface area contributed by atoms with Crippen LogP contribution >= 0.6 is 0 Å². The maximum atomic E-state index is 11.9. The molecule has 0 unspecified atom stereocenters. The Kier molecular flexibility index (Phi) is 4.81.